The first-order chi connectivity index (χ1) is 8.77. The minimum absolute atomic E-state index is 0.259. The third-order valence-corrected chi connectivity index (χ3v) is 2.82. The predicted molar refractivity (Wildman–Crippen MR) is 70.4 cm³/mol. The molecule has 1 aromatic heterocycles. The van der Waals surface area contributed by atoms with E-state index in [4.69, 9.17) is 21.9 Å². The van der Waals surface area contributed by atoms with Gasteiger partial charge in [-0.05, 0) is 23.8 Å². The van der Waals surface area contributed by atoms with E-state index in [1.165, 1.54) is 12.1 Å². The van der Waals surface area contributed by atoms with Gasteiger partial charge in [0, 0.05) is 10.4 Å². The van der Waals surface area contributed by atoms with E-state index < -0.39 is 11.9 Å². The standard InChI is InChI=1S/C13H15ClFN3O/c1-13(2,3)12-17-11(18-19-12)10(16)7-4-8(14)6-9(15)5-7/h4-6,10H,16H2,1-3H3. The van der Waals surface area contributed by atoms with Crippen molar-refractivity contribution in [2.45, 2.75) is 32.2 Å². The fraction of sp³-hybridized carbons (Fsp3) is 0.385. The lowest BCUT2D eigenvalue weighted by atomic mass is 9.97. The van der Waals surface area contributed by atoms with Gasteiger partial charge in [0.15, 0.2) is 5.82 Å². The molecule has 0 aliphatic heterocycles. The predicted octanol–water partition coefficient (Wildman–Crippen LogP) is 3.21. The molecule has 0 bridgehead atoms. The molecule has 0 aliphatic rings. The largest absolute Gasteiger partial charge is 0.339 e. The van der Waals surface area contributed by atoms with Crippen LogP contribution in [0.5, 0.6) is 0 Å². The van der Waals surface area contributed by atoms with Gasteiger partial charge in [0.25, 0.3) is 0 Å². The van der Waals surface area contributed by atoms with Gasteiger partial charge in [-0.15, -0.1) is 0 Å². The maximum atomic E-state index is 13.3. The van der Waals surface area contributed by atoms with Crippen molar-refractivity contribution in [3.8, 4) is 0 Å². The molecule has 2 rings (SSSR count). The molecule has 102 valence electrons. The summed E-state index contributed by atoms with van der Waals surface area (Å²) in [6.45, 7) is 5.86. The Kier molecular flexibility index (Phi) is 3.60. The Morgan fingerprint density at radius 3 is 2.53 bits per heavy atom. The Morgan fingerprint density at radius 1 is 1.32 bits per heavy atom. The van der Waals surface area contributed by atoms with Crippen LogP contribution >= 0.6 is 11.6 Å². The van der Waals surface area contributed by atoms with Crippen LogP contribution in [0.2, 0.25) is 5.02 Å². The smallest absolute Gasteiger partial charge is 0.232 e. The molecule has 0 radical (unpaired) electrons. The minimum atomic E-state index is -0.673. The zero-order valence-corrected chi connectivity index (χ0v) is 11.7. The molecule has 1 heterocycles. The van der Waals surface area contributed by atoms with E-state index in [1.807, 2.05) is 20.8 Å². The van der Waals surface area contributed by atoms with Gasteiger partial charge in [-0.1, -0.05) is 37.5 Å². The lowest BCUT2D eigenvalue weighted by molar-refractivity contribution is 0.317. The second kappa shape index (κ2) is 4.90. The van der Waals surface area contributed by atoms with E-state index in [-0.39, 0.29) is 10.4 Å². The van der Waals surface area contributed by atoms with Crippen molar-refractivity contribution in [1.29, 1.82) is 0 Å². The number of aromatic nitrogens is 2. The summed E-state index contributed by atoms with van der Waals surface area (Å²) in [7, 11) is 0. The van der Waals surface area contributed by atoms with Gasteiger partial charge in [-0.2, -0.15) is 4.98 Å². The summed E-state index contributed by atoms with van der Waals surface area (Å²) < 4.78 is 18.5. The zero-order valence-electron chi connectivity index (χ0n) is 10.9. The first-order valence-corrected chi connectivity index (χ1v) is 6.21. The number of nitrogens with zero attached hydrogens (tertiary/aromatic N) is 2. The van der Waals surface area contributed by atoms with Crippen molar-refractivity contribution in [3.63, 3.8) is 0 Å². The van der Waals surface area contributed by atoms with Crippen molar-refractivity contribution in [2.24, 2.45) is 5.73 Å². The molecule has 2 N–H and O–H groups in total. The van der Waals surface area contributed by atoms with Gasteiger partial charge in [0.2, 0.25) is 5.89 Å². The molecule has 19 heavy (non-hydrogen) atoms. The summed E-state index contributed by atoms with van der Waals surface area (Å²) in [6.07, 6.45) is 0. The zero-order chi connectivity index (χ0) is 14.2. The lowest BCUT2D eigenvalue weighted by Crippen LogP contribution is -2.16. The highest BCUT2D eigenvalue weighted by atomic mass is 35.5. The van der Waals surface area contributed by atoms with Crippen LogP contribution in [-0.4, -0.2) is 10.1 Å². The molecule has 0 amide bonds. The Labute approximate surface area is 115 Å². The van der Waals surface area contributed by atoms with Gasteiger partial charge in [0.05, 0.1) is 6.04 Å². The molecular weight excluding hydrogens is 269 g/mol. The summed E-state index contributed by atoms with van der Waals surface area (Å²) in [5.41, 5.74) is 6.25. The van der Waals surface area contributed by atoms with Gasteiger partial charge < -0.3 is 10.3 Å². The average Bonchev–Trinajstić information content (AvgIpc) is 2.75. The molecule has 0 saturated heterocycles. The van der Waals surface area contributed by atoms with E-state index in [0.717, 1.165) is 0 Å². The topological polar surface area (TPSA) is 64.9 Å². The quantitative estimate of drug-likeness (QED) is 0.919. The Balaban J connectivity index is 2.33. The molecule has 1 atom stereocenters. The molecule has 0 aliphatic carbocycles. The molecule has 4 nitrogen and oxygen atoms in total. The Morgan fingerprint density at radius 2 is 2.00 bits per heavy atom. The van der Waals surface area contributed by atoms with Crippen LogP contribution in [-0.2, 0) is 5.41 Å². The summed E-state index contributed by atoms with van der Waals surface area (Å²) in [5.74, 6) is 0.351. The van der Waals surface area contributed by atoms with Crippen molar-refractivity contribution in [2.75, 3.05) is 0 Å². The monoisotopic (exact) mass is 283 g/mol. The number of halogens is 2. The maximum absolute atomic E-state index is 13.3. The van der Waals surface area contributed by atoms with Gasteiger partial charge in [-0.3, -0.25) is 0 Å². The van der Waals surface area contributed by atoms with E-state index in [9.17, 15) is 4.39 Å². The third kappa shape index (κ3) is 3.11. The van der Waals surface area contributed by atoms with E-state index in [2.05, 4.69) is 10.1 Å². The van der Waals surface area contributed by atoms with Gasteiger partial charge in [0.1, 0.15) is 5.82 Å². The summed E-state index contributed by atoms with van der Waals surface area (Å²) in [6, 6.07) is 3.44. The summed E-state index contributed by atoms with van der Waals surface area (Å²) >= 11 is 5.80. The fourth-order valence-corrected chi connectivity index (χ4v) is 1.80. The number of hydrogen-bond donors (Lipinski definition) is 1. The van der Waals surface area contributed by atoms with Crippen LogP contribution in [0.15, 0.2) is 22.7 Å². The first-order valence-electron chi connectivity index (χ1n) is 5.83. The van der Waals surface area contributed by atoms with Crippen molar-refractivity contribution < 1.29 is 8.91 Å². The second-order valence-corrected chi connectivity index (χ2v) is 5.82. The fourth-order valence-electron chi connectivity index (χ4n) is 1.57. The molecule has 1 aromatic carbocycles. The third-order valence-electron chi connectivity index (χ3n) is 2.61. The maximum Gasteiger partial charge on any atom is 0.232 e. The van der Waals surface area contributed by atoms with Crippen LogP contribution in [0.25, 0.3) is 0 Å². The van der Waals surface area contributed by atoms with E-state index in [1.54, 1.807) is 6.07 Å². The molecule has 1 unspecified atom stereocenters. The minimum Gasteiger partial charge on any atom is -0.339 e. The lowest BCUT2D eigenvalue weighted by Gasteiger charge is -2.11. The highest BCUT2D eigenvalue weighted by molar-refractivity contribution is 6.30. The average molecular weight is 284 g/mol. The highest BCUT2D eigenvalue weighted by Gasteiger charge is 2.24. The molecule has 0 spiro atoms. The number of rotatable bonds is 2. The Bertz CT molecular complexity index is 572. The highest BCUT2D eigenvalue weighted by Crippen LogP contribution is 2.25. The number of nitrogens with two attached hydrogens (primary N) is 1. The van der Waals surface area contributed by atoms with E-state index >= 15 is 0 Å². The van der Waals surface area contributed by atoms with Gasteiger partial charge in [-0.25, -0.2) is 4.39 Å². The SMILES string of the molecule is CC(C)(C)c1nc(C(N)c2cc(F)cc(Cl)c2)no1. The van der Waals surface area contributed by atoms with Gasteiger partial charge >= 0.3 is 0 Å². The summed E-state index contributed by atoms with van der Waals surface area (Å²) in [4.78, 5) is 4.25. The van der Waals surface area contributed by atoms with Crippen LogP contribution in [0.4, 0.5) is 4.39 Å². The van der Waals surface area contributed by atoms with Crippen LogP contribution in [0, 0.1) is 5.82 Å². The van der Waals surface area contributed by atoms with Crippen molar-refractivity contribution >= 4 is 11.6 Å². The van der Waals surface area contributed by atoms with Crippen LogP contribution in [0.3, 0.4) is 0 Å². The first kappa shape index (κ1) is 14.0. The molecule has 6 heteroatoms. The summed E-state index contributed by atoms with van der Waals surface area (Å²) in [5, 5.41) is 4.12. The molecular formula is C13H15ClFN3O. The van der Waals surface area contributed by atoms with Crippen LogP contribution in [0.1, 0.15) is 44.1 Å². The van der Waals surface area contributed by atoms with Crippen molar-refractivity contribution in [3.05, 3.63) is 46.3 Å². The second-order valence-electron chi connectivity index (χ2n) is 5.39. The van der Waals surface area contributed by atoms with Crippen LogP contribution < -0.4 is 5.73 Å². The number of benzene rings is 1. The van der Waals surface area contributed by atoms with E-state index in [0.29, 0.717) is 17.3 Å². The normalized spacial score (nSPS) is 13.6. The van der Waals surface area contributed by atoms with Crippen molar-refractivity contribution in [1.82, 2.24) is 10.1 Å². The molecule has 2 aromatic rings. The molecule has 0 fully saturated rings. The number of hydrogen-bond acceptors (Lipinski definition) is 4. The Hall–Kier alpha value is -1.46. The molecule has 0 saturated carbocycles.